The zero-order chi connectivity index (χ0) is 23.1. The highest BCUT2D eigenvalue weighted by atomic mass is 31.2. The Bertz CT molecular complexity index is 985. The molecule has 32 heavy (non-hydrogen) atoms. The van der Waals surface area contributed by atoms with E-state index in [1.807, 2.05) is 30.3 Å². The number of unbranched alkanes of at least 4 members (excludes halogenated alkanes) is 1. The summed E-state index contributed by atoms with van der Waals surface area (Å²) in [6, 6.07) is 14.3. The summed E-state index contributed by atoms with van der Waals surface area (Å²) in [6.07, 6.45) is 0.598. The van der Waals surface area contributed by atoms with E-state index in [4.69, 9.17) is 4.74 Å². The molecular formula is C23H27FNO6P. The number of carbonyl (C=O) groups excluding carboxylic acids is 1. The van der Waals surface area contributed by atoms with Gasteiger partial charge in [-0.25, -0.2) is 9.18 Å². The molecule has 2 aromatic rings. The molecule has 172 valence electrons. The van der Waals surface area contributed by atoms with Gasteiger partial charge in [0, 0.05) is 12.6 Å². The number of aryl methyl sites for hydroxylation is 1. The second kappa shape index (κ2) is 10.7. The van der Waals surface area contributed by atoms with Crippen LogP contribution in [0.15, 0.2) is 54.6 Å². The Hall–Kier alpha value is -2.70. The number of rotatable bonds is 10. The van der Waals surface area contributed by atoms with Gasteiger partial charge in [-0.15, -0.1) is 0 Å². The Balaban J connectivity index is 1.54. The summed E-state index contributed by atoms with van der Waals surface area (Å²) in [5, 5.41) is 9.50. The minimum absolute atomic E-state index is 0.00763. The van der Waals surface area contributed by atoms with E-state index in [9.17, 15) is 28.5 Å². The first kappa shape index (κ1) is 24.0. The topological polar surface area (TPSA) is 104 Å². The molecule has 0 aromatic heterocycles. The van der Waals surface area contributed by atoms with Crippen molar-refractivity contribution in [1.82, 2.24) is 4.90 Å². The maximum Gasteiger partial charge on any atom is 0.326 e. The van der Waals surface area contributed by atoms with Crippen molar-refractivity contribution >= 4 is 19.2 Å². The van der Waals surface area contributed by atoms with Crippen LogP contribution in [0.3, 0.4) is 0 Å². The highest BCUT2D eigenvalue weighted by molar-refractivity contribution is 7.58. The summed E-state index contributed by atoms with van der Waals surface area (Å²) in [4.78, 5) is 35.7. The fourth-order valence-corrected chi connectivity index (χ4v) is 5.31. The summed E-state index contributed by atoms with van der Waals surface area (Å²) < 4.78 is 32.0. The Morgan fingerprint density at radius 1 is 1.09 bits per heavy atom. The first-order chi connectivity index (χ1) is 15.2. The number of amides is 1. The van der Waals surface area contributed by atoms with Crippen molar-refractivity contribution in [2.24, 2.45) is 0 Å². The van der Waals surface area contributed by atoms with Crippen LogP contribution in [-0.2, 0) is 20.6 Å². The molecule has 1 unspecified atom stereocenters. The lowest BCUT2D eigenvalue weighted by Crippen LogP contribution is -2.42. The maximum atomic E-state index is 13.8. The molecule has 9 heteroatoms. The standard InChI is InChI=1S/C23H27FNO6P/c24-19-11-4-5-12-21(19)31-18-14-20(23(27)28)25(15-18)22(26)16-32(29,30)13-7-6-10-17-8-2-1-3-9-17/h1-5,8-9,11-12,18,20H,6-7,10,13-16H2,(H,27,28)(H,29,30)/t18-,20-/m0/s1. The Morgan fingerprint density at radius 2 is 1.78 bits per heavy atom. The zero-order valence-electron chi connectivity index (χ0n) is 17.6. The molecule has 7 nitrogen and oxygen atoms in total. The van der Waals surface area contributed by atoms with Gasteiger partial charge >= 0.3 is 5.97 Å². The molecule has 3 rings (SSSR count). The number of likely N-dealkylation sites (tertiary alicyclic amines) is 1. The number of halogens is 1. The Kier molecular flexibility index (Phi) is 8.04. The van der Waals surface area contributed by atoms with E-state index < -0.39 is 43.4 Å². The van der Waals surface area contributed by atoms with Crippen LogP contribution in [0.5, 0.6) is 5.75 Å². The van der Waals surface area contributed by atoms with E-state index >= 15 is 0 Å². The number of hydrogen-bond acceptors (Lipinski definition) is 4. The largest absolute Gasteiger partial charge is 0.485 e. The van der Waals surface area contributed by atoms with Gasteiger partial charge in [-0.1, -0.05) is 42.5 Å². The second-order valence-electron chi connectivity index (χ2n) is 7.98. The normalized spacial score (nSPS) is 20.0. The highest BCUT2D eigenvalue weighted by Gasteiger charge is 2.42. The monoisotopic (exact) mass is 463 g/mol. The van der Waals surface area contributed by atoms with Crippen LogP contribution in [0, 0.1) is 5.82 Å². The van der Waals surface area contributed by atoms with Crippen LogP contribution < -0.4 is 4.74 Å². The molecule has 1 saturated heterocycles. The van der Waals surface area contributed by atoms with E-state index in [1.54, 1.807) is 6.07 Å². The minimum Gasteiger partial charge on any atom is -0.485 e. The number of para-hydroxylation sites is 1. The van der Waals surface area contributed by atoms with E-state index in [2.05, 4.69) is 0 Å². The number of ether oxygens (including phenoxy) is 1. The molecule has 2 aromatic carbocycles. The van der Waals surface area contributed by atoms with E-state index in [-0.39, 0.29) is 24.9 Å². The fourth-order valence-electron chi connectivity index (χ4n) is 3.83. The van der Waals surface area contributed by atoms with Gasteiger partial charge in [0.2, 0.25) is 13.3 Å². The Labute approximate surface area is 186 Å². The number of benzene rings is 2. The molecule has 1 heterocycles. The summed E-state index contributed by atoms with van der Waals surface area (Å²) in [5.74, 6) is -2.54. The van der Waals surface area contributed by atoms with Crippen molar-refractivity contribution in [2.75, 3.05) is 18.9 Å². The van der Waals surface area contributed by atoms with Crippen molar-refractivity contribution < 1.29 is 33.3 Å². The van der Waals surface area contributed by atoms with Crippen molar-refractivity contribution in [3.63, 3.8) is 0 Å². The average Bonchev–Trinajstić information content (AvgIpc) is 3.18. The first-order valence-electron chi connectivity index (χ1n) is 10.5. The third kappa shape index (κ3) is 6.65. The second-order valence-corrected chi connectivity index (χ2v) is 10.4. The van der Waals surface area contributed by atoms with Gasteiger partial charge < -0.3 is 19.6 Å². The fraction of sp³-hybridized carbons (Fsp3) is 0.391. The van der Waals surface area contributed by atoms with E-state index in [0.29, 0.717) is 12.8 Å². The molecule has 0 radical (unpaired) electrons. The highest BCUT2D eigenvalue weighted by Crippen LogP contribution is 2.42. The van der Waals surface area contributed by atoms with Gasteiger partial charge in [-0.3, -0.25) is 9.36 Å². The van der Waals surface area contributed by atoms with Crippen LogP contribution in [-0.4, -0.2) is 57.8 Å². The van der Waals surface area contributed by atoms with Crippen molar-refractivity contribution in [2.45, 2.75) is 37.8 Å². The number of nitrogens with zero attached hydrogens (tertiary/aromatic N) is 1. The van der Waals surface area contributed by atoms with Crippen molar-refractivity contribution in [1.29, 1.82) is 0 Å². The quantitative estimate of drug-likeness (QED) is 0.413. The van der Waals surface area contributed by atoms with Gasteiger partial charge in [0.1, 0.15) is 18.3 Å². The Morgan fingerprint density at radius 3 is 2.47 bits per heavy atom. The minimum atomic E-state index is -3.76. The molecule has 0 saturated carbocycles. The van der Waals surface area contributed by atoms with Crippen LogP contribution >= 0.6 is 7.37 Å². The number of carboxylic acids is 1. The molecule has 0 aliphatic carbocycles. The third-order valence-electron chi connectivity index (χ3n) is 5.45. The third-order valence-corrected chi connectivity index (χ3v) is 7.23. The zero-order valence-corrected chi connectivity index (χ0v) is 18.5. The molecule has 0 bridgehead atoms. The smallest absolute Gasteiger partial charge is 0.326 e. The van der Waals surface area contributed by atoms with Gasteiger partial charge in [0.25, 0.3) is 0 Å². The molecule has 2 N–H and O–H groups in total. The van der Waals surface area contributed by atoms with Crippen molar-refractivity contribution in [3.05, 3.63) is 66.0 Å². The van der Waals surface area contributed by atoms with Crippen LogP contribution in [0.1, 0.15) is 24.8 Å². The summed E-state index contributed by atoms with van der Waals surface area (Å²) in [7, 11) is -3.76. The van der Waals surface area contributed by atoms with Crippen LogP contribution in [0.25, 0.3) is 0 Å². The lowest BCUT2D eigenvalue weighted by molar-refractivity contribution is -0.147. The number of carboxylic acid groups (broad SMARTS) is 1. The van der Waals surface area contributed by atoms with Crippen molar-refractivity contribution in [3.8, 4) is 5.75 Å². The molecule has 0 spiro atoms. The number of aliphatic carboxylic acids is 1. The summed E-state index contributed by atoms with van der Waals surface area (Å²) in [5.41, 5.74) is 1.14. The summed E-state index contributed by atoms with van der Waals surface area (Å²) >= 11 is 0. The van der Waals surface area contributed by atoms with Gasteiger partial charge in [-0.2, -0.15) is 0 Å². The molecular weight excluding hydrogens is 436 g/mol. The summed E-state index contributed by atoms with van der Waals surface area (Å²) in [6.45, 7) is -0.0852. The van der Waals surface area contributed by atoms with Gasteiger partial charge in [0.05, 0.1) is 6.54 Å². The van der Waals surface area contributed by atoms with Crippen LogP contribution in [0.4, 0.5) is 4.39 Å². The molecule has 1 fully saturated rings. The first-order valence-corrected chi connectivity index (χ1v) is 12.6. The molecule has 1 aliphatic rings. The predicted octanol–water partition coefficient (Wildman–Crippen LogP) is 3.55. The van der Waals surface area contributed by atoms with Gasteiger partial charge in [0.15, 0.2) is 11.6 Å². The SMILES string of the molecule is O=C(O)[C@@H]1C[C@H](Oc2ccccc2F)CN1C(=O)CP(=O)(O)CCCCc1ccccc1. The number of carbonyl (C=O) groups is 2. The maximum absolute atomic E-state index is 13.8. The van der Waals surface area contributed by atoms with E-state index in [1.165, 1.54) is 18.2 Å². The lowest BCUT2D eigenvalue weighted by atomic mass is 10.1. The average molecular weight is 463 g/mol. The molecule has 3 atom stereocenters. The molecule has 1 aliphatic heterocycles. The van der Waals surface area contributed by atoms with E-state index in [0.717, 1.165) is 16.9 Å². The lowest BCUT2D eigenvalue weighted by Gasteiger charge is -2.22. The van der Waals surface area contributed by atoms with Crippen LogP contribution in [0.2, 0.25) is 0 Å². The number of hydrogen-bond donors (Lipinski definition) is 2. The van der Waals surface area contributed by atoms with Gasteiger partial charge in [-0.05, 0) is 37.0 Å². The molecule has 1 amide bonds. The predicted molar refractivity (Wildman–Crippen MR) is 118 cm³/mol.